The largest absolute Gasteiger partial charge is 0.496 e. The maximum atomic E-state index is 5.49. The molecular weight excluding hydrogens is 318 g/mol. The van der Waals surface area contributed by atoms with Crippen LogP contribution in [0.15, 0.2) is 29.3 Å². The molecule has 1 unspecified atom stereocenters. The molecule has 0 aliphatic carbocycles. The minimum atomic E-state index is 0.280. The number of rotatable bonds is 5. The second kappa shape index (κ2) is 8.65. The predicted octanol–water partition coefficient (Wildman–Crippen LogP) is 3.59. The van der Waals surface area contributed by atoms with Gasteiger partial charge in [-0.15, -0.1) is 0 Å². The minimum absolute atomic E-state index is 0.280. The Morgan fingerprint density at radius 3 is 2.83 bits per heavy atom. The van der Waals surface area contributed by atoms with Gasteiger partial charge in [-0.1, -0.05) is 25.1 Å². The van der Waals surface area contributed by atoms with Crippen molar-refractivity contribution < 1.29 is 4.74 Å². The van der Waals surface area contributed by atoms with Crippen molar-refractivity contribution in [3.8, 4) is 5.75 Å². The van der Waals surface area contributed by atoms with Crippen LogP contribution in [0.25, 0.3) is 0 Å². The van der Waals surface area contributed by atoms with Crippen molar-refractivity contribution in [1.82, 2.24) is 10.2 Å². The van der Waals surface area contributed by atoms with Crippen LogP contribution < -0.4 is 10.1 Å². The summed E-state index contributed by atoms with van der Waals surface area (Å²) in [5.74, 6) is 3.45. The van der Waals surface area contributed by atoms with Crippen LogP contribution in [0.3, 0.4) is 0 Å². The highest BCUT2D eigenvalue weighted by molar-refractivity contribution is 8.00. The molecule has 0 bridgehead atoms. The van der Waals surface area contributed by atoms with E-state index in [1.165, 1.54) is 5.56 Å². The van der Waals surface area contributed by atoms with Crippen molar-refractivity contribution in [1.29, 1.82) is 0 Å². The molecule has 0 spiro atoms. The molecule has 1 aliphatic rings. The van der Waals surface area contributed by atoms with Crippen LogP contribution >= 0.6 is 11.8 Å². The van der Waals surface area contributed by atoms with Crippen LogP contribution in [0.2, 0.25) is 0 Å². The Labute approximate surface area is 151 Å². The number of guanidine groups is 1. The topological polar surface area (TPSA) is 36.9 Å². The number of aliphatic imine (C=N–C) groups is 1. The standard InChI is InChI=1S/C19H31N3OS/c1-6-20-18(22-11-12-24-19(3,4)14-22)21-13-15(2)16-9-7-8-10-17(16)23-5/h7-10,15H,6,11-14H2,1-5H3,(H,20,21). The molecule has 4 nitrogen and oxygen atoms in total. The Hall–Kier alpha value is -1.36. The lowest BCUT2D eigenvalue weighted by molar-refractivity contribution is 0.375. The molecule has 1 aliphatic heterocycles. The number of hydrogen-bond acceptors (Lipinski definition) is 3. The van der Waals surface area contributed by atoms with E-state index >= 15 is 0 Å². The average Bonchev–Trinajstić information content (AvgIpc) is 2.57. The smallest absolute Gasteiger partial charge is 0.194 e. The SMILES string of the molecule is CCNC(=NCC(C)c1ccccc1OC)N1CCSC(C)(C)C1. The van der Waals surface area contributed by atoms with Gasteiger partial charge in [-0.2, -0.15) is 11.8 Å². The normalized spacial score (nSPS) is 19.0. The summed E-state index contributed by atoms with van der Waals surface area (Å²) >= 11 is 2.04. The first kappa shape index (κ1) is 19.0. The average molecular weight is 350 g/mol. The van der Waals surface area contributed by atoms with Crippen LogP contribution in [-0.2, 0) is 0 Å². The van der Waals surface area contributed by atoms with E-state index in [-0.39, 0.29) is 4.75 Å². The second-order valence-corrected chi connectivity index (χ2v) is 8.67. The highest BCUT2D eigenvalue weighted by Gasteiger charge is 2.28. The zero-order chi connectivity index (χ0) is 17.6. The molecule has 5 heteroatoms. The molecule has 0 aromatic heterocycles. The van der Waals surface area contributed by atoms with Crippen molar-refractivity contribution in [2.75, 3.05) is 39.0 Å². The summed E-state index contributed by atoms with van der Waals surface area (Å²) in [5.41, 5.74) is 1.22. The van der Waals surface area contributed by atoms with Gasteiger partial charge in [0.2, 0.25) is 0 Å². The van der Waals surface area contributed by atoms with Gasteiger partial charge in [-0.3, -0.25) is 4.99 Å². The molecule has 1 aromatic carbocycles. The molecule has 1 saturated heterocycles. The Kier molecular flexibility index (Phi) is 6.84. The molecule has 0 saturated carbocycles. The van der Waals surface area contributed by atoms with E-state index in [1.807, 2.05) is 23.9 Å². The lowest BCUT2D eigenvalue weighted by Crippen LogP contribution is -2.51. The number of thioether (sulfide) groups is 1. The van der Waals surface area contributed by atoms with Crippen molar-refractivity contribution >= 4 is 17.7 Å². The fraction of sp³-hybridized carbons (Fsp3) is 0.632. The van der Waals surface area contributed by atoms with Gasteiger partial charge in [0.05, 0.1) is 7.11 Å². The molecule has 1 atom stereocenters. The third kappa shape index (κ3) is 5.07. The number of nitrogens with zero attached hydrogens (tertiary/aromatic N) is 2. The zero-order valence-electron chi connectivity index (χ0n) is 15.6. The van der Waals surface area contributed by atoms with E-state index in [4.69, 9.17) is 9.73 Å². The van der Waals surface area contributed by atoms with E-state index in [0.29, 0.717) is 5.92 Å². The van der Waals surface area contributed by atoms with Gasteiger partial charge >= 0.3 is 0 Å². The predicted molar refractivity (Wildman–Crippen MR) is 105 cm³/mol. The summed E-state index contributed by atoms with van der Waals surface area (Å²) < 4.78 is 5.77. The molecule has 24 heavy (non-hydrogen) atoms. The Morgan fingerprint density at radius 2 is 2.17 bits per heavy atom. The lowest BCUT2D eigenvalue weighted by atomic mass is 10.0. The van der Waals surface area contributed by atoms with E-state index in [0.717, 1.165) is 43.6 Å². The van der Waals surface area contributed by atoms with Crippen molar-refractivity contribution in [2.24, 2.45) is 4.99 Å². The van der Waals surface area contributed by atoms with Gasteiger partial charge in [0, 0.05) is 42.6 Å². The highest BCUT2D eigenvalue weighted by atomic mass is 32.2. The van der Waals surface area contributed by atoms with Gasteiger partial charge in [0.15, 0.2) is 5.96 Å². The van der Waals surface area contributed by atoms with E-state index in [1.54, 1.807) is 7.11 Å². The number of hydrogen-bond donors (Lipinski definition) is 1. The number of methoxy groups -OCH3 is 1. The first-order chi connectivity index (χ1) is 11.5. The summed E-state index contributed by atoms with van der Waals surface area (Å²) in [7, 11) is 1.73. The molecule has 1 fully saturated rings. The quantitative estimate of drug-likeness (QED) is 0.651. The number of ether oxygens (including phenoxy) is 1. The zero-order valence-corrected chi connectivity index (χ0v) is 16.4. The van der Waals surface area contributed by atoms with E-state index < -0.39 is 0 Å². The Morgan fingerprint density at radius 1 is 1.42 bits per heavy atom. The van der Waals surface area contributed by atoms with Gasteiger partial charge in [0.1, 0.15) is 5.75 Å². The van der Waals surface area contributed by atoms with Crippen LogP contribution in [0.4, 0.5) is 0 Å². The summed E-state index contributed by atoms with van der Waals surface area (Å²) in [6.07, 6.45) is 0. The van der Waals surface area contributed by atoms with Crippen LogP contribution in [0.1, 0.15) is 39.2 Å². The lowest BCUT2D eigenvalue weighted by Gasteiger charge is -2.39. The number of para-hydroxylation sites is 1. The first-order valence-corrected chi connectivity index (χ1v) is 9.75. The molecule has 1 aromatic rings. The Bertz CT molecular complexity index is 559. The number of benzene rings is 1. The summed E-state index contributed by atoms with van der Waals surface area (Å²) in [6.45, 7) is 12.7. The fourth-order valence-electron chi connectivity index (χ4n) is 3.02. The molecule has 0 radical (unpaired) electrons. The van der Waals surface area contributed by atoms with Gasteiger partial charge in [0.25, 0.3) is 0 Å². The van der Waals surface area contributed by atoms with Crippen molar-refractivity contribution in [3.05, 3.63) is 29.8 Å². The van der Waals surface area contributed by atoms with Crippen LogP contribution in [0.5, 0.6) is 5.75 Å². The monoisotopic (exact) mass is 349 g/mol. The molecular formula is C19H31N3OS. The van der Waals surface area contributed by atoms with Gasteiger partial charge in [-0.05, 0) is 32.4 Å². The summed E-state index contributed by atoms with van der Waals surface area (Å²) in [4.78, 5) is 7.32. The second-order valence-electron chi connectivity index (χ2n) is 6.87. The third-order valence-corrected chi connectivity index (χ3v) is 5.54. The summed E-state index contributed by atoms with van der Waals surface area (Å²) in [6, 6.07) is 8.22. The molecule has 134 valence electrons. The van der Waals surface area contributed by atoms with E-state index in [2.05, 4.69) is 50.0 Å². The van der Waals surface area contributed by atoms with Crippen molar-refractivity contribution in [3.63, 3.8) is 0 Å². The highest BCUT2D eigenvalue weighted by Crippen LogP contribution is 2.30. The number of nitrogens with one attached hydrogen (secondary N) is 1. The maximum Gasteiger partial charge on any atom is 0.194 e. The Balaban J connectivity index is 2.10. The first-order valence-electron chi connectivity index (χ1n) is 8.77. The van der Waals surface area contributed by atoms with Gasteiger partial charge in [-0.25, -0.2) is 0 Å². The molecule has 0 amide bonds. The van der Waals surface area contributed by atoms with Crippen LogP contribution in [0, 0.1) is 0 Å². The van der Waals surface area contributed by atoms with Crippen LogP contribution in [-0.4, -0.2) is 54.6 Å². The van der Waals surface area contributed by atoms with E-state index in [9.17, 15) is 0 Å². The summed E-state index contributed by atoms with van der Waals surface area (Å²) in [5, 5.41) is 3.46. The molecule has 1 heterocycles. The van der Waals surface area contributed by atoms with Gasteiger partial charge < -0.3 is 15.0 Å². The fourth-order valence-corrected chi connectivity index (χ4v) is 4.13. The maximum absolute atomic E-state index is 5.49. The minimum Gasteiger partial charge on any atom is -0.496 e. The van der Waals surface area contributed by atoms with Crippen molar-refractivity contribution in [2.45, 2.75) is 38.4 Å². The molecule has 2 rings (SSSR count). The third-order valence-electron chi connectivity index (χ3n) is 4.24. The molecule has 1 N–H and O–H groups in total.